The third kappa shape index (κ3) is 2.25. The van der Waals surface area contributed by atoms with Gasteiger partial charge in [-0.3, -0.25) is 0 Å². The van der Waals surface area contributed by atoms with E-state index >= 15 is 0 Å². The van der Waals surface area contributed by atoms with Crippen molar-refractivity contribution in [3.05, 3.63) is 0 Å². The van der Waals surface area contributed by atoms with E-state index in [1.54, 1.807) is 0 Å². The molecule has 2 rings (SSSR count). The molecule has 0 spiro atoms. The van der Waals surface area contributed by atoms with Crippen LogP contribution in [0.1, 0.15) is 26.2 Å². The molecule has 2 aliphatic heterocycles. The van der Waals surface area contributed by atoms with Gasteiger partial charge < -0.3 is 15.1 Å². The number of urea groups is 1. The molecule has 15 heavy (non-hydrogen) atoms. The van der Waals surface area contributed by atoms with Crippen LogP contribution in [0.15, 0.2) is 0 Å². The van der Waals surface area contributed by atoms with Crippen molar-refractivity contribution in [3.8, 4) is 0 Å². The van der Waals surface area contributed by atoms with Gasteiger partial charge in [-0.2, -0.15) is 0 Å². The van der Waals surface area contributed by atoms with E-state index in [0.717, 1.165) is 52.0 Å². The van der Waals surface area contributed by atoms with E-state index in [0.29, 0.717) is 6.04 Å². The van der Waals surface area contributed by atoms with Crippen molar-refractivity contribution in [2.45, 2.75) is 32.2 Å². The van der Waals surface area contributed by atoms with Crippen molar-refractivity contribution in [3.63, 3.8) is 0 Å². The first kappa shape index (κ1) is 10.7. The molecule has 0 bridgehead atoms. The molecule has 86 valence electrons. The van der Waals surface area contributed by atoms with Crippen LogP contribution in [0.25, 0.3) is 0 Å². The summed E-state index contributed by atoms with van der Waals surface area (Å²) in [6.45, 7) is 6.99. The van der Waals surface area contributed by atoms with Crippen LogP contribution in [-0.2, 0) is 0 Å². The summed E-state index contributed by atoms with van der Waals surface area (Å²) in [6.07, 6.45) is 3.41. The van der Waals surface area contributed by atoms with E-state index in [4.69, 9.17) is 0 Å². The van der Waals surface area contributed by atoms with E-state index < -0.39 is 0 Å². The van der Waals surface area contributed by atoms with Gasteiger partial charge in [0.05, 0.1) is 0 Å². The lowest BCUT2D eigenvalue weighted by Gasteiger charge is -2.23. The van der Waals surface area contributed by atoms with Gasteiger partial charge in [0, 0.05) is 32.2 Å². The van der Waals surface area contributed by atoms with Crippen LogP contribution in [0, 0.1) is 0 Å². The molecule has 2 saturated heterocycles. The fraction of sp³-hybridized carbons (Fsp3) is 0.909. The van der Waals surface area contributed by atoms with Gasteiger partial charge in [-0.15, -0.1) is 0 Å². The van der Waals surface area contributed by atoms with E-state index in [9.17, 15) is 4.79 Å². The summed E-state index contributed by atoms with van der Waals surface area (Å²) in [5.41, 5.74) is 0. The second-order valence-corrected chi connectivity index (χ2v) is 4.46. The highest BCUT2D eigenvalue weighted by Gasteiger charge is 2.34. The fourth-order valence-electron chi connectivity index (χ4n) is 2.40. The summed E-state index contributed by atoms with van der Waals surface area (Å²) >= 11 is 0. The molecule has 4 heteroatoms. The molecule has 0 radical (unpaired) electrons. The number of carbonyl (C=O) groups is 1. The van der Waals surface area contributed by atoms with Crippen LogP contribution >= 0.6 is 0 Å². The van der Waals surface area contributed by atoms with Crippen LogP contribution in [0.4, 0.5) is 4.79 Å². The van der Waals surface area contributed by atoms with E-state index in [1.165, 1.54) is 0 Å². The van der Waals surface area contributed by atoms with Gasteiger partial charge in [0.2, 0.25) is 0 Å². The topological polar surface area (TPSA) is 35.6 Å². The van der Waals surface area contributed by atoms with E-state index in [-0.39, 0.29) is 6.03 Å². The average Bonchev–Trinajstić information content (AvgIpc) is 2.84. The van der Waals surface area contributed by atoms with Crippen LogP contribution in [0.2, 0.25) is 0 Å². The van der Waals surface area contributed by atoms with Crippen LogP contribution in [0.5, 0.6) is 0 Å². The first-order valence-electron chi connectivity index (χ1n) is 6.09. The molecule has 0 aliphatic carbocycles. The summed E-state index contributed by atoms with van der Waals surface area (Å²) < 4.78 is 0. The minimum atomic E-state index is 0.261. The molecule has 0 aromatic carbocycles. The molecule has 0 aromatic rings. The molecule has 1 N–H and O–H groups in total. The first-order valence-corrected chi connectivity index (χ1v) is 6.09. The molecule has 0 saturated carbocycles. The quantitative estimate of drug-likeness (QED) is 0.749. The van der Waals surface area contributed by atoms with Crippen molar-refractivity contribution in [1.82, 2.24) is 15.1 Å². The normalized spacial score (nSPS) is 26.7. The Morgan fingerprint density at radius 1 is 1.47 bits per heavy atom. The molecule has 2 fully saturated rings. The number of unbranched alkanes of at least 4 members (excludes halogenated alkanes) is 1. The van der Waals surface area contributed by atoms with Crippen LogP contribution in [-0.4, -0.2) is 54.6 Å². The molecule has 2 heterocycles. The Bertz CT molecular complexity index is 226. The predicted octanol–water partition coefficient (Wildman–Crippen LogP) is 0.886. The highest BCUT2D eigenvalue weighted by Crippen LogP contribution is 2.16. The number of hydrogen-bond acceptors (Lipinski definition) is 2. The molecular formula is C11H21N3O. The van der Waals surface area contributed by atoms with Gasteiger partial charge >= 0.3 is 6.03 Å². The van der Waals surface area contributed by atoms with Crippen molar-refractivity contribution in [2.75, 3.05) is 32.7 Å². The van der Waals surface area contributed by atoms with E-state index in [1.807, 2.05) is 4.90 Å². The molecule has 2 amide bonds. The number of nitrogens with zero attached hydrogens (tertiary/aromatic N) is 2. The minimum absolute atomic E-state index is 0.261. The summed E-state index contributed by atoms with van der Waals surface area (Å²) in [5.74, 6) is 0. The first-order chi connectivity index (χ1) is 7.33. The molecular weight excluding hydrogens is 190 g/mol. The number of amides is 2. The van der Waals surface area contributed by atoms with Gasteiger partial charge in [-0.05, 0) is 19.4 Å². The van der Waals surface area contributed by atoms with E-state index in [2.05, 4.69) is 17.1 Å². The van der Waals surface area contributed by atoms with Gasteiger partial charge in [0.25, 0.3) is 0 Å². The standard InChI is InChI=1S/C11H21N3O/c1-2-3-6-13-7-8-14(11(13)15)10-4-5-12-9-10/h10,12H,2-9H2,1H3. The van der Waals surface area contributed by atoms with Crippen molar-refractivity contribution in [1.29, 1.82) is 0 Å². The molecule has 2 aliphatic rings. The van der Waals surface area contributed by atoms with Crippen LogP contribution < -0.4 is 5.32 Å². The zero-order valence-corrected chi connectivity index (χ0v) is 9.54. The Morgan fingerprint density at radius 3 is 3.00 bits per heavy atom. The van der Waals surface area contributed by atoms with Gasteiger partial charge in [-0.25, -0.2) is 4.79 Å². The smallest absolute Gasteiger partial charge is 0.320 e. The lowest BCUT2D eigenvalue weighted by molar-refractivity contribution is 0.179. The van der Waals surface area contributed by atoms with Gasteiger partial charge in [0.1, 0.15) is 0 Å². The Hall–Kier alpha value is -0.770. The minimum Gasteiger partial charge on any atom is -0.323 e. The maximum absolute atomic E-state index is 12.0. The van der Waals surface area contributed by atoms with Crippen molar-refractivity contribution < 1.29 is 4.79 Å². The fourth-order valence-corrected chi connectivity index (χ4v) is 2.40. The average molecular weight is 211 g/mol. The number of carbonyl (C=O) groups excluding carboxylic acids is 1. The highest BCUT2D eigenvalue weighted by atomic mass is 16.2. The molecule has 1 atom stereocenters. The number of rotatable bonds is 4. The number of nitrogens with one attached hydrogen (secondary N) is 1. The molecule has 0 aromatic heterocycles. The lowest BCUT2D eigenvalue weighted by Crippen LogP contribution is -2.40. The monoisotopic (exact) mass is 211 g/mol. The molecule has 1 unspecified atom stereocenters. The summed E-state index contributed by atoms with van der Waals surface area (Å²) in [4.78, 5) is 16.1. The Balaban J connectivity index is 1.85. The Labute approximate surface area is 91.6 Å². The highest BCUT2D eigenvalue weighted by molar-refractivity contribution is 5.76. The maximum atomic E-state index is 12.0. The second kappa shape index (κ2) is 4.84. The Morgan fingerprint density at radius 2 is 2.33 bits per heavy atom. The summed E-state index contributed by atoms with van der Waals surface area (Å²) in [7, 11) is 0. The number of hydrogen-bond donors (Lipinski definition) is 1. The molecule has 4 nitrogen and oxygen atoms in total. The lowest BCUT2D eigenvalue weighted by atomic mass is 10.2. The SMILES string of the molecule is CCCCN1CCN(C2CCNC2)C1=O. The second-order valence-electron chi connectivity index (χ2n) is 4.46. The van der Waals surface area contributed by atoms with Gasteiger partial charge in [-0.1, -0.05) is 13.3 Å². The van der Waals surface area contributed by atoms with Crippen LogP contribution in [0.3, 0.4) is 0 Å². The van der Waals surface area contributed by atoms with Crippen molar-refractivity contribution in [2.24, 2.45) is 0 Å². The van der Waals surface area contributed by atoms with Gasteiger partial charge in [0.15, 0.2) is 0 Å². The summed E-state index contributed by atoms with van der Waals surface area (Å²) in [6, 6.07) is 0.710. The summed E-state index contributed by atoms with van der Waals surface area (Å²) in [5, 5.41) is 3.32. The third-order valence-corrected chi connectivity index (χ3v) is 3.38. The van der Waals surface area contributed by atoms with Crippen molar-refractivity contribution >= 4 is 6.03 Å². The zero-order valence-electron chi connectivity index (χ0n) is 9.54. The maximum Gasteiger partial charge on any atom is 0.320 e. The largest absolute Gasteiger partial charge is 0.323 e. The third-order valence-electron chi connectivity index (χ3n) is 3.38. The zero-order chi connectivity index (χ0) is 10.7. The predicted molar refractivity (Wildman–Crippen MR) is 59.9 cm³/mol. The Kier molecular flexibility index (Phi) is 3.46.